The Hall–Kier alpha value is -1.43. The van der Waals surface area contributed by atoms with E-state index in [-0.39, 0.29) is 30.7 Å². The molecule has 1 atom stereocenters. The third-order valence-electron chi connectivity index (χ3n) is 3.73. The smallest absolute Gasteiger partial charge is 0.274 e. The van der Waals surface area contributed by atoms with Crippen LogP contribution < -0.4 is 5.32 Å². The minimum absolute atomic E-state index is 0. The zero-order valence-corrected chi connectivity index (χ0v) is 14.0. The normalized spacial score (nSPS) is 17.0. The van der Waals surface area contributed by atoms with Crippen molar-refractivity contribution in [2.24, 2.45) is 5.92 Å². The molecule has 1 aliphatic heterocycles. The van der Waals surface area contributed by atoms with Crippen molar-refractivity contribution in [3.63, 3.8) is 0 Å². The molecule has 1 fully saturated rings. The molecule has 5 nitrogen and oxygen atoms in total. The third kappa shape index (κ3) is 3.85. The van der Waals surface area contributed by atoms with E-state index in [1.165, 1.54) is 0 Å². The Kier molecular flexibility index (Phi) is 7.00. The Labute approximate surface area is 142 Å². The van der Waals surface area contributed by atoms with Crippen LogP contribution in [0.3, 0.4) is 0 Å². The quantitative estimate of drug-likeness (QED) is 0.928. The van der Waals surface area contributed by atoms with Crippen molar-refractivity contribution in [2.45, 2.75) is 6.42 Å². The monoisotopic (exact) mass is 342 g/mol. The lowest BCUT2D eigenvalue weighted by Gasteiger charge is -2.16. The fourth-order valence-electron chi connectivity index (χ4n) is 2.69. The number of fused-ring (bicyclic) bond motifs is 1. The summed E-state index contributed by atoms with van der Waals surface area (Å²) in [5.74, 6) is 0.527. The highest BCUT2D eigenvalue weighted by Crippen LogP contribution is 2.18. The number of aromatic nitrogens is 2. The number of nitrogens with zero attached hydrogens (tertiary/aromatic N) is 3. The number of para-hydroxylation sites is 2. The van der Waals surface area contributed by atoms with E-state index in [0.717, 1.165) is 37.1 Å². The van der Waals surface area contributed by atoms with Gasteiger partial charge in [0.05, 0.1) is 17.2 Å². The number of halogens is 2. The van der Waals surface area contributed by atoms with Gasteiger partial charge in [-0.15, -0.1) is 24.8 Å². The Bertz CT molecular complexity index is 638. The summed E-state index contributed by atoms with van der Waals surface area (Å²) >= 11 is 0. The van der Waals surface area contributed by atoms with Crippen molar-refractivity contribution in [3.8, 4) is 0 Å². The maximum absolute atomic E-state index is 12.4. The number of hydrogen-bond acceptors (Lipinski definition) is 4. The van der Waals surface area contributed by atoms with Crippen LogP contribution in [0.2, 0.25) is 0 Å². The van der Waals surface area contributed by atoms with Crippen molar-refractivity contribution in [1.82, 2.24) is 20.2 Å². The van der Waals surface area contributed by atoms with Crippen molar-refractivity contribution in [2.75, 3.05) is 26.7 Å². The number of carbonyl (C=O) groups is 1. The molecule has 0 aliphatic carbocycles. The topological polar surface area (TPSA) is 58.1 Å². The van der Waals surface area contributed by atoms with Gasteiger partial charge in [-0.3, -0.25) is 9.78 Å². The first-order valence-electron chi connectivity index (χ1n) is 6.93. The second-order valence-electron chi connectivity index (χ2n) is 5.21. The largest absolute Gasteiger partial charge is 0.337 e. The molecule has 2 heterocycles. The molecular formula is C15H20Cl2N4O. The van der Waals surface area contributed by atoms with E-state index in [0.29, 0.717) is 11.6 Å². The van der Waals surface area contributed by atoms with Gasteiger partial charge >= 0.3 is 0 Å². The fraction of sp³-hybridized carbons (Fsp3) is 0.400. The molecule has 0 spiro atoms. The molecule has 22 heavy (non-hydrogen) atoms. The predicted octanol–water partition coefficient (Wildman–Crippen LogP) is 2.15. The van der Waals surface area contributed by atoms with E-state index >= 15 is 0 Å². The van der Waals surface area contributed by atoms with Gasteiger partial charge in [-0.25, -0.2) is 4.98 Å². The molecule has 1 saturated heterocycles. The highest BCUT2D eigenvalue weighted by atomic mass is 35.5. The van der Waals surface area contributed by atoms with Crippen molar-refractivity contribution in [3.05, 3.63) is 36.2 Å². The molecule has 1 N–H and O–H groups in total. The van der Waals surface area contributed by atoms with Gasteiger partial charge in [-0.05, 0) is 38.1 Å². The standard InChI is InChI=1S/C15H18N4O.2ClH/c1-16-8-11-6-7-19(10-11)15(20)14-9-17-12-4-2-3-5-13(12)18-14;;/h2-5,9,11,16H,6-8,10H2,1H3;2*1H. The molecule has 1 aliphatic rings. The summed E-state index contributed by atoms with van der Waals surface area (Å²) in [6, 6.07) is 7.60. The van der Waals surface area contributed by atoms with Gasteiger partial charge in [-0.1, -0.05) is 12.1 Å². The Morgan fingerprint density at radius 2 is 2.05 bits per heavy atom. The summed E-state index contributed by atoms with van der Waals surface area (Å²) < 4.78 is 0. The van der Waals surface area contributed by atoms with Gasteiger partial charge in [0, 0.05) is 13.1 Å². The highest BCUT2D eigenvalue weighted by molar-refractivity contribution is 5.94. The minimum atomic E-state index is -0.0122. The molecule has 0 bridgehead atoms. The van der Waals surface area contributed by atoms with Crippen molar-refractivity contribution < 1.29 is 4.79 Å². The Morgan fingerprint density at radius 3 is 2.77 bits per heavy atom. The number of benzene rings is 1. The van der Waals surface area contributed by atoms with E-state index in [2.05, 4.69) is 15.3 Å². The highest BCUT2D eigenvalue weighted by Gasteiger charge is 2.27. The number of likely N-dealkylation sites (tertiary alicyclic amines) is 1. The lowest BCUT2D eigenvalue weighted by Crippen LogP contribution is -2.31. The van der Waals surface area contributed by atoms with Gasteiger partial charge in [0.15, 0.2) is 0 Å². The van der Waals surface area contributed by atoms with Gasteiger partial charge in [0.2, 0.25) is 0 Å². The van der Waals surface area contributed by atoms with Crippen LogP contribution in [0.15, 0.2) is 30.5 Å². The second kappa shape index (κ2) is 8.27. The van der Waals surface area contributed by atoms with E-state index in [9.17, 15) is 4.79 Å². The first-order chi connectivity index (χ1) is 9.78. The van der Waals surface area contributed by atoms with Gasteiger partial charge in [0.25, 0.3) is 5.91 Å². The predicted molar refractivity (Wildman–Crippen MR) is 92.0 cm³/mol. The molecule has 7 heteroatoms. The van der Waals surface area contributed by atoms with Crippen LogP contribution in [-0.4, -0.2) is 47.5 Å². The molecule has 0 saturated carbocycles. The maximum Gasteiger partial charge on any atom is 0.274 e. The van der Waals surface area contributed by atoms with Gasteiger partial charge in [0.1, 0.15) is 5.69 Å². The van der Waals surface area contributed by atoms with Gasteiger partial charge < -0.3 is 10.2 Å². The lowest BCUT2D eigenvalue weighted by molar-refractivity contribution is 0.0781. The van der Waals surface area contributed by atoms with Gasteiger partial charge in [-0.2, -0.15) is 0 Å². The van der Waals surface area contributed by atoms with Crippen LogP contribution in [0.1, 0.15) is 16.9 Å². The summed E-state index contributed by atoms with van der Waals surface area (Å²) in [6.45, 7) is 2.56. The maximum atomic E-state index is 12.4. The summed E-state index contributed by atoms with van der Waals surface area (Å²) in [5.41, 5.74) is 2.02. The SMILES string of the molecule is CNCC1CCN(C(=O)c2cnc3ccccc3n2)C1.Cl.Cl. The number of rotatable bonds is 3. The third-order valence-corrected chi connectivity index (χ3v) is 3.73. The van der Waals surface area contributed by atoms with Crippen LogP contribution >= 0.6 is 24.8 Å². The van der Waals surface area contributed by atoms with Crippen LogP contribution in [0.4, 0.5) is 0 Å². The van der Waals surface area contributed by atoms with Crippen molar-refractivity contribution in [1.29, 1.82) is 0 Å². The Balaban J connectivity index is 0.00000121. The number of carbonyl (C=O) groups excluding carboxylic acids is 1. The average molecular weight is 343 g/mol. The molecule has 1 amide bonds. The van der Waals surface area contributed by atoms with Crippen molar-refractivity contribution >= 4 is 41.8 Å². The number of nitrogens with one attached hydrogen (secondary N) is 1. The van der Waals surface area contributed by atoms with Crippen LogP contribution in [0.5, 0.6) is 0 Å². The van der Waals surface area contributed by atoms with E-state index < -0.39 is 0 Å². The Morgan fingerprint density at radius 1 is 1.32 bits per heavy atom. The first-order valence-corrected chi connectivity index (χ1v) is 6.93. The number of hydrogen-bond donors (Lipinski definition) is 1. The van der Waals surface area contributed by atoms with E-state index in [1.807, 2.05) is 36.2 Å². The number of amides is 1. The van der Waals surface area contributed by atoms with E-state index in [1.54, 1.807) is 6.20 Å². The van der Waals surface area contributed by atoms with E-state index in [4.69, 9.17) is 0 Å². The fourth-order valence-corrected chi connectivity index (χ4v) is 2.69. The molecule has 0 radical (unpaired) electrons. The average Bonchev–Trinajstić information content (AvgIpc) is 2.95. The summed E-state index contributed by atoms with van der Waals surface area (Å²) in [6.07, 6.45) is 2.63. The van der Waals surface area contributed by atoms with Crippen LogP contribution in [-0.2, 0) is 0 Å². The zero-order valence-electron chi connectivity index (χ0n) is 12.4. The lowest BCUT2D eigenvalue weighted by atomic mass is 10.1. The summed E-state index contributed by atoms with van der Waals surface area (Å²) in [4.78, 5) is 23.0. The molecular weight excluding hydrogens is 323 g/mol. The summed E-state index contributed by atoms with van der Waals surface area (Å²) in [5, 5.41) is 3.17. The van der Waals surface area contributed by atoms with Crippen LogP contribution in [0, 0.1) is 5.92 Å². The molecule has 1 unspecified atom stereocenters. The second-order valence-corrected chi connectivity index (χ2v) is 5.21. The zero-order chi connectivity index (χ0) is 13.9. The molecule has 1 aromatic carbocycles. The molecule has 1 aromatic heterocycles. The first kappa shape index (κ1) is 18.6. The molecule has 3 rings (SSSR count). The van der Waals surface area contributed by atoms with Crippen LogP contribution in [0.25, 0.3) is 11.0 Å². The minimum Gasteiger partial charge on any atom is -0.337 e. The summed E-state index contributed by atoms with van der Waals surface area (Å²) in [7, 11) is 1.94. The molecule has 120 valence electrons. The molecule has 2 aromatic rings.